The minimum Gasteiger partial charge on any atom is -0.356 e. The number of carbonyl (C=O) groups is 1. The topological polar surface area (TPSA) is 58.1 Å². The first-order valence-corrected chi connectivity index (χ1v) is 6.95. The van der Waals surface area contributed by atoms with Crippen LogP contribution in [0.2, 0.25) is 0 Å². The van der Waals surface area contributed by atoms with Gasteiger partial charge in [0, 0.05) is 36.9 Å². The van der Waals surface area contributed by atoms with Crippen LogP contribution in [0.15, 0.2) is 6.07 Å². The van der Waals surface area contributed by atoms with Gasteiger partial charge in [-0.15, -0.1) is 0 Å². The molecule has 0 unspecified atom stereocenters. The average molecular weight is 262 g/mol. The number of anilines is 1. The highest BCUT2D eigenvalue weighted by Gasteiger charge is 2.25. The fourth-order valence-electron chi connectivity index (χ4n) is 2.51. The molecule has 0 spiro atoms. The number of nitrogens with one attached hydrogen (secondary N) is 1. The highest BCUT2D eigenvalue weighted by Crippen LogP contribution is 2.21. The van der Waals surface area contributed by atoms with Crippen molar-refractivity contribution >= 4 is 11.9 Å². The van der Waals surface area contributed by atoms with E-state index in [-0.39, 0.29) is 11.8 Å². The number of carbonyl (C=O) groups excluding carboxylic acids is 1. The fourth-order valence-corrected chi connectivity index (χ4v) is 2.51. The van der Waals surface area contributed by atoms with E-state index in [0.717, 1.165) is 43.3 Å². The van der Waals surface area contributed by atoms with Gasteiger partial charge in [0.25, 0.3) is 0 Å². The lowest BCUT2D eigenvalue weighted by atomic mass is 9.96. The summed E-state index contributed by atoms with van der Waals surface area (Å²) in [5, 5.41) is 2.90. The van der Waals surface area contributed by atoms with Crippen molar-refractivity contribution in [2.24, 2.45) is 5.92 Å². The number of aromatic nitrogens is 2. The predicted octanol–water partition coefficient (Wildman–Crippen LogP) is 1.45. The van der Waals surface area contributed by atoms with E-state index in [1.54, 1.807) is 0 Å². The number of aryl methyl sites for hydroxylation is 2. The molecule has 0 radical (unpaired) electrons. The first kappa shape index (κ1) is 13.8. The van der Waals surface area contributed by atoms with Crippen molar-refractivity contribution < 1.29 is 4.79 Å². The first-order chi connectivity index (χ1) is 9.10. The van der Waals surface area contributed by atoms with Crippen molar-refractivity contribution in [1.29, 1.82) is 0 Å². The summed E-state index contributed by atoms with van der Waals surface area (Å²) in [6.45, 7) is 8.34. The molecule has 0 aromatic carbocycles. The molecular formula is C14H22N4O. The largest absolute Gasteiger partial charge is 0.356 e. The van der Waals surface area contributed by atoms with Gasteiger partial charge in [0.15, 0.2) is 0 Å². The zero-order valence-electron chi connectivity index (χ0n) is 11.9. The molecule has 1 aromatic heterocycles. The van der Waals surface area contributed by atoms with E-state index < -0.39 is 0 Å². The second-order valence-electron chi connectivity index (χ2n) is 5.11. The number of amides is 1. The molecule has 19 heavy (non-hydrogen) atoms. The van der Waals surface area contributed by atoms with Crippen LogP contribution in [0.25, 0.3) is 0 Å². The molecule has 2 heterocycles. The molecule has 1 amide bonds. The Hall–Kier alpha value is -1.65. The lowest BCUT2D eigenvalue weighted by Gasteiger charge is -2.31. The van der Waals surface area contributed by atoms with Crippen LogP contribution in [-0.2, 0) is 4.79 Å². The van der Waals surface area contributed by atoms with E-state index in [1.165, 1.54) is 0 Å². The molecule has 0 bridgehead atoms. The SMILES string of the molecule is CCNC(=O)C1CCN(c2nc(C)cc(C)n2)CC1. The summed E-state index contributed by atoms with van der Waals surface area (Å²) < 4.78 is 0. The number of nitrogens with zero attached hydrogens (tertiary/aromatic N) is 3. The lowest BCUT2D eigenvalue weighted by molar-refractivity contribution is -0.125. The van der Waals surface area contributed by atoms with E-state index in [0.29, 0.717) is 6.54 Å². The van der Waals surface area contributed by atoms with Crippen molar-refractivity contribution in [2.75, 3.05) is 24.5 Å². The molecule has 1 aliphatic rings. The van der Waals surface area contributed by atoms with Gasteiger partial charge < -0.3 is 10.2 Å². The molecular weight excluding hydrogens is 240 g/mol. The van der Waals surface area contributed by atoms with Gasteiger partial charge in [-0.3, -0.25) is 4.79 Å². The molecule has 0 aliphatic carbocycles. The van der Waals surface area contributed by atoms with Crippen LogP contribution >= 0.6 is 0 Å². The normalized spacial score (nSPS) is 16.5. The summed E-state index contributed by atoms with van der Waals surface area (Å²) in [4.78, 5) is 22.9. The highest BCUT2D eigenvalue weighted by atomic mass is 16.1. The quantitative estimate of drug-likeness (QED) is 0.895. The first-order valence-electron chi connectivity index (χ1n) is 6.95. The third-order valence-corrected chi connectivity index (χ3v) is 3.47. The number of rotatable bonds is 3. The number of hydrogen-bond acceptors (Lipinski definition) is 4. The van der Waals surface area contributed by atoms with Crippen LogP contribution in [-0.4, -0.2) is 35.5 Å². The number of piperidine rings is 1. The summed E-state index contributed by atoms with van der Waals surface area (Å²) in [6.07, 6.45) is 1.75. The molecule has 1 saturated heterocycles. The summed E-state index contributed by atoms with van der Waals surface area (Å²) >= 11 is 0. The Balaban J connectivity index is 1.97. The van der Waals surface area contributed by atoms with Crippen LogP contribution in [0.3, 0.4) is 0 Å². The maximum Gasteiger partial charge on any atom is 0.225 e. The van der Waals surface area contributed by atoms with E-state index in [9.17, 15) is 4.79 Å². The number of hydrogen-bond donors (Lipinski definition) is 1. The lowest BCUT2D eigenvalue weighted by Crippen LogP contribution is -2.41. The molecule has 0 atom stereocenters. The van der Waals surface area contributed by atoms with Gasteiger partial charge in [0.2, 0.25) is 11.9 Å². The maximum absolute atomic E-state index is 11.8. The third kappa shape index (κ3) is 3.43. The molecule has 1 aliphatic heterocycles. The van der Waals surface area contributed by atoms with Gasteiger partial charge in [-0.2, -0.15) is 0 Å². The zero-order valence-corrected chi connectivity index (χ0v) is 11.9. The molecule has 1 fully saturated rings. The zero-order chi connectivity index (χ0) is 13.8. The van der Waals surface area contributed by atoms with Crippen LogP contribution in [0.5, 0.6) is 0 Å². The Morgan fingerprint density at radius 2 is 1.89 bits per heavy atom. The second kappa shape index (κ2) is 5.99. The van der Waals surface area contributed by atoms with E-state index in [2.05, 4.69) is 20.2 Å². The molecule has 5 heteroatoms. The van der Waals surface area contributed by atoms with Gasteiger partial charge in [-0.25, -0.2) is 9.97 Å². The second-order valence-corrected chi connectivity index (χ2v) is 5.11. The van der Waals surface area contributed by atoms with Crippen LogP contribution < -0.4 is 10.2 Å². The predicted molar refractivity (Wildman–Crippen MR) is 75.1 cm³/mol. The summed E-state index contributed by atoms with van der Waals surface area (Å²) in [5.74, 6) is 1.12. The molecule has 2 rings (SSSR count). The fraction of sp³-hybridized carbons (Fsp3) is 0.643. The highest BCUT2D eigenvalue weighted by molar-refractivity contribution is 5.78. The van der Waals surface area contributed by atoms with Crippen LogP contribution in [0.4, 0.5) is 5.95 Å². The summed E-state index contributed by atoms with van der Waals surface area (Å²) in [6, 6.07) is 1.98. The van der Waals surface area contributed by atoms with E-state index >= 15 is 0 Å². The van der Waals surface area contributed by atoms with Gasteiger partial charge >= 0.3 is 0 Å². The van der Waals surface area contributed by atoms with Crippen molar-refractivity contribution in [3.8, 4) is 0 Å². The minimum atomic E-state index is 0.141. The maximum atomic E-state index is 11.8. The smallest absolute Gasteiger partial charge is 0.225 e. The van der Waals surface area contributed by atoms with Crippen molar-refractivity contribution in [2.45, 2.75) is 33.6 Å². The Bertz CT molecular complexity index is 433. The molecule has 0 saturated carbocycles. The average Bonchev–Trinajstić information content (AvgIpc) is 2.38. The van der Waals surface area contributed by atoms with Gasteiger partial charge in [-0.05, 0) is 39.7 Å². The van der Waals surface area contributed by atoms with Gasteiger partial charge in [0.05, 0.1) is 0 Å². The van der Waals surface area contributed by atoms with Crippen molar-refractivity contribution in [1.82, 2.24) is 15.3 Å². The Labute approximate surface area is 114 Å². The molecule has 5 nitrogen and oxygen atoms in total. The van der Waals surface area contributed by atoms with Crippen LogP contribution in [0, 0.1) is 19.8 Å². The van der Waals surface area contributed by atoms with Gasteiger partial charge in [0.1, 0.15) is 0 Å². The van der Waals surface area contributed by atoms with Crippen LogP contribution in [0.1, 0.15) is 31.2 Å². The molecule has 104 valence electrons. The molecule has 1 N–H and O–H groups in total. The van der Waals surface area contributed by atoms with E-state index in [4.69, 9.17) is 0 Å². The standard InChI is InChI=1S/C14H22N4O/c1-4-15-13(19)12-5-7-18(8-6-12)14-16-10(2)9-11(3)17-14/h9,12H,4-8H2,1-3H3,(H,15,19). The summed E-state index contributed by atoms with van der Waals surface area (Å²) in [7, 11) is 0. The Kier molecular flexibility index (Phi) is 4.35. The third-order valence-electron chi connectivity index (χ3n) is 3.47. The Morgan fingerprint density at radius 1 is 1.32 bits per heavy atom. The van der Waals surface area contributed by atoms with E-state index in [1.807, 2.05) is 26.8 Å². The summed E-state index contributed by atoms with van der Waals surface area (Å²) in [5.41, 5.74) is 1.99. The van der Waals surface area contributed by atoms with Gasteiger partial charge in [-0.1, -0.05) is 0 Å². The van der Waals surface area contributed by atoms with Crippen molar-refractivity contribution in [3.05, 3.63) is 17.5 Å². The van der Waals surface area contributed by atoms with Crippen molar-refractivity contribution in [3.63, 3.8) is 0 Å². The minimum absolute atomic E-state index is 0.141. The monoisotopic (exact) mass is 262 g/mol. The Morgan fingerprint density at radius 3 is 2.42 bits per heavy atom. The molecule has 1 aromatic rings.